The van der Waals surface area contributed by atoms with Gasteiger partial charge < -0.3 is 5.11 Å². The Bertz CT molecular complexity index is 842. The van der Waals surface area contributed by atoms with E-state index in [0.29, 0.717) is 10.0 Å². The number of hydrogen-bond donors (Lipinski definition) is 1. The summed E-state index contributed by atoms with van der Waals surface area (Å²) < 4.78 is 0. The largest absolute Gasteiger partial charge is 0.508 e. The Morgan fingerprint density at radius 3 is 2.59 bits per heavy atom. The van der Waals surface area contributed by atoms with Crippen LogP contribution in [0.1, 0.15) is 11.1 Å². The molecule has 2 aromatic carbocycles. The molecular formula is C18H13Cl2NO. The zero-order chi connectivity index (χ0) is 15.5. The van der Waals surface area contributed by atoms with Gasteiger partial charge in [-0.05, 0) is 36.2 Å². The molecule has 0 spiro atoms. The number of nitrogens with zero attached hydrogens (tertiary/aromatic N) is 1. The summed E-state index contributed by atoms with van der Waals surface area (Å²) in [7, 11) is 0. The van der Waals surface area contributed by atoms with Crippen molar-refractivity contribution in [3.05, 3.63) is 75.9 Å². The summed E-state index contributed by atoms with van der Waals surface area (Å²) in [4.78, 5) is 4.38. The van der Waals surface area contributed by atoms with Crippen molar-refractivity contribution in [2.45, 2.75) is 6.42 Å². The van der Waals surface area contributed by atoms with Crippen molar-refractivity contribution in [3.8, 4) is 5.75 Å². The predicted octanol–water partition coefficient (Wildman–Crippen LogP) is 5.50. The van der Waals surface area contributed by atoms with Crippen LogP contribution in [0, 0.1) is 0 Å². The van der Waals surface area contributed by atoms with Crippen LogP contribution in [0.4, 0.5) is 0 Å². The zero-order valence-electron chi connectivity index (χ0n) is 11.6. The molecule has 110 valence electrons. The highest BCUT2D eigenvalue weighted by Crippen LogP contribution is 2.27. The zero-order valence-corrected chi connectivity index (χ0v) is 13.1. The van der Waals surface area contributed by atoms with E-state index in [1.54, 1.807) is 18.3 Å². The van der Waals surface area contributed by atoms with Crippen molar-refractivity contribution in [1.82, 2.24) is 4.98 Å². The van der Waals surface area contributed by atoms with Crippen molar-refractivity contribution in [2.75, 3.05) is 0 Å². The van der Waals surface area contributed by atoms with Gasteiger partial charge in [-0.15, -0.1) is 0 Å². The number of halogens is 2. The summed E-state index contributed by atoms with van der Waals surface area (Å²) in [6.07, 6.45) is 6.37. The van der Waals surface area contributed by atoms with Gasteiger partial charge in [0.05, 0.1) is 10.5 Å². The number of pyridine rings is 1. The maximum absolute atomic E-state index is 9.28. The molecule has 4 heteroatoms. The minimum atomic E-state index is 0.269. The Kier molecular flexibility index (Phi) is 4.32. The first-order valence-electron chi connectivity index (χ1n) is 6.82. The lowest BCUT2D eigenvalue weighted by Crippen LogP contribution is -1.86. The van der Waals surface area contributed by atoms with Gasteiger partial charge in [0.2, 0.25) is 0 Å². The van der Waals surface area contributed by atoms with Crippen LogP contribution >= 0.6 is 23.2 Å². The van der Waals surface area contributed by atoms with Crippen molar-refractivity contribution >= 4 is 40.2 Å². The quantitative estimate of drug-likeness (QED) is 0.687. The molecule has 1 heterocycles. The molecule has 2 nitrogen and oxygen atoms in total. The Labute approximate surface area is 138 Å². The first-order valence-corrected chi connectivity index (χ1v) is 7.57. The maximum Gasteiger partial charge on any atom is 0.115 e. The highest BCUT2D eigenvalue weighted by Gasteiger charge is 2.05. The van der Waals surface area contributed by atoms with E-state index in [4.69, 9.17) is 23.2 Å². The van der Waals surface area contributed by atoms with Gasteiger partial charge in [0.1, 0.15) is 5.75 Å². The van der Waals surface area contributed by atoms with E-state index in [2.05, 4.69) is 4.98 Å². The maximum atomic E-state index is 9.28. The van der Waals surface area contributed by atoms with E-state index in [1.807, 2.05) is 42.5 Å². The fourth-order valence-corrected chi connectivity index (χ4v) is 2.66. The summed E-state index contributed by atoms with van der Waals surface area (Å²) in [6.45, 7) is 0. The molecule has 0 saturated heterocycles. The number of phenolic OH excluding ortho intramolecular Hbond substituents is 1. The molecule has 3 rings (SSSR count). The Morgan fingerprint density at radius 2 is 1.82 bits per heavy atom. The summed E-state index contributed by atoms with van der Waals surface area (Å²) in [5.74, 6) is 0.269. The highest BCUT2D eigenvalue weighted by molar-refractivity contribution is 6.33. The lowest BCUT2D eigenvalue weighted by Gasteiger charge is -2.05. The highest BCUT2D eigenvalue weighted by atomic mass is 35.5. The smallest absolute Gasteiger partial charge is 0.115 e. The van der Waals surface area contributed by atoms with E-state index in [9.17, 15) is 5.11 Å². The van der Waals surface area contributed by atoms with Gasteiger partial charge in [0, 0.05) is 22.2 Å². The normalized spacial score (nSPS) is 11.4. The standard InChI is InChI=1S/C18H13Cl2NO/c19-14-10-13-6-9-17(20)16(18(13)21-11-14)3-1-2-12-4-7-15(22)8-5-12/h1,3-11,22H,2H2. The molecule has 0 aliphatic carbocycles. The number of rotatable bonds is 3. The van der Waals surface area contributed by atoms with Crippen LogP contribution in [0.15, 0.2) is 54.7 Å². The molecule has 0 atom stereocenters. The molecule has 22 heavy (non-hydrogen) atoms. The number of hydrogen-bond acceptors (Lipinski definition) is 2. The third-order valence-electron chi connectivity index (χ3n) is 3.38. The van der Waals surface area contributed by atoms with Crippen LogP contribution in [0.2, 0.25) is 10.0 Å². The average Bonchev–Trinajstić information content (AvgIpc) is 2.51. The molecule has 0 fully saturated rings. The van der Waals surface area contributed by atoms with Crippen molar-refractivity contribution in [1.29, 1.82) is 0 Å². The van der Waals surface area contributed by atoms with Crippen LogP contribution in [0.3, 0.4) is 0 Å². The van der Waals surface area contributed by atoms with Crippen LogP contribution in [-0.2, 0) is 6.42 Å². The van der Waals surface area contributed by atoms with Crippen molar-refractivity contribution in [2.24, 2.45) is 0 Å². The summed E-state index contributed by atoms with van der Waals surface area (Å²) >= 11 is 12.3. The minimum absolute atomic E-state index is 0.269. The second-order valence-electron chi connectivity index (χ2n) is 4.96. The molecule has 0 unspecified atom stereocenters. The molecule has 0 aliphatic rings. The van der Waals surface area contributed by atoms with Gasteiger partial charge in [0.15, 0.2) is 0 Å². The lowest BCUT2D eigenvalue weighted by molar-refractivity contribution is 0.475. The van der Waals surface area contributed by atoms with E-state index in [-0.39, 0.29) is 5.75 Å². The van der Waals surface area contributed by atoms with Crippen molar-refractivity contribution < 1.29 is 5.11 Å². The molecule has 0 amide bonds. The van der Waals surface area contributed by atoms with E-state index in [1.165, 1.54) is 0 Å². The Hall–Kier alpha value is -2.03. The molecule has 0 radical (unpaired) electrons. The van der Waals surface area contributed by atoms with Crippen LogP contribution in [-0.4, -0.2) is 10.1 Å². The Morgan fingerprint density at radius 1 is 1.05 bits per heavy atom. The molecule has 0 bridgehead atoms. The molecule has 1 aromatic heterocycles. The van der Waals surface area contributed by atoms with Gasteiger partial charge in [-0.25, -0.2) is 0 Å². The third kappa shape index (κ3) is 3.24. The minimum Gasteiger partial charge on any atom is -0.508 e. The SMILES string of the molecule is Oc1ccc(CC=Cc2c(Cl)ccc3cc(Cl)cnc23)cc1. The summed E-state index contributed by atoms with van der Waals surface area (Å²) in [5.41, 5.74) is 2.83. The molecule has 0 saturated carbocycles. The van der Waals surface area contributed by atoms with E-state index in [0.717, 1.165) is 28.5 Å². The fourth-order valence-electron chi connectivity index (χ4n) is 2.28. The molecule has 1 N–H and O–H groups in total. The second kappa shape index (κ2) is 6.39. The lowest BCUT2D eigenvalue weighted by atomic mass is 10.1. The van der Waals surface area contributed by atoms with E-state index >= 15 is 0 Å². The van der Waals surface area contributed by atoms with Crippen LogP contribution in [0.5, 0.6) is 5.75 Å². The van der Waals surface area contributed by atoms with E-state index < -0.39 is 0 Å². The van der Waals surface area contributed by atoms with Gasteiger partial charge in [-0.2, -0.15) is 0 Å². The summed E-state index contributed by atoms with van der Waals surface area (Å²) in [6, 6.07) is 12.8. The summed E-state index contributed by atoms with van der Waals surface area (Å²) in [5, 5.41) is 11.5. The van der Waals surface area contributed by atoms with Crippen molar-refractivity contribution in [3.63, 3.8) is 0 Å². The first-order chi connectivity index (χ1) is 10.6. The topological polar surface area (TPSA) is 33.1 Å². The van der Waals surface area contributed by atoms with Gasteiger partial charge in [0.25, 0.3) is 0 Å². The van der Waals surface area contributed by atoms with Crippen LogP contribution in [0.25, 0.3) is 17.0 Å². The van der Waals surface area contributed by atoms with Gasteiger partial charge >= 0.3 is 0 Å². The number of allylic oxidation sites excluding steroid dienone is 1. The monoisotopic (exact) mass is 329 g/mol. The molecule has 0 aliphatic heterocycles. The second-order valence-corrected chi connectivity index (χ2v) is 5.80. The number of phenols is 1. The van der Waals surface area contributed by atoms with Gasteiger partial charge in [-0.3, -0.25) is 4.98 Å². The molecule has 3 aromatic rings. The molecular weight excluding hydrogens is 317 g/mol. The Balaban J connectivity index is 1.91. The van der Waals surface area contributed by atoms with Crippen LogP contribution < -0.4 is 0 Å². The number of aromatic nitrogens is 1. The number of fused-ring (bicyclic) bond motifs is 1. The predicted molar refractivity (Wildman–Crippen MR) is 92.6 cm³/mol. The first kappa shape index (κ1) is 14.9. The van der Waals surface area contributed by atoms with Gasteiger partial charge in [-0.1, -0.05) is 53.6 Å². The number of aromatic hydroxyl groups is 1. The fraction of sp³-hybridized carbons (Fsp3) is 0.0556. The number of benzene rings is 2. The average molecular weight is 330 g/mol. The third-order valence-corrected chi connectivity index (χ3v) is 3.92.